The van der Waals surface area contributed by atoms with Crippen molar-refractivity contribution < 1.29 is 49.8 Å². The van der Waals surface area contributed by atoms with E-state index in [0.29, 0.717) is 44.9 Å². The van der Waals surface area contributed by atoms with Crippen LogP contribution in [0.3, 0.4) is 0 Å². The monoisotopic (exact) mass is 724 g/mol. The van der Waals surface area contributed by atoms with Crippen molar-refractivity contribution >= 4 is 33.1 Å². The average Bonchev–Trinajstić information content (AvgIpc) is 3.64. The molecule has 0 saturated heterocycles. The molecule has 3 fully saturated rings. The summed E-state index contributed by atoms with van der Waals surface area (Å²) >= 11 is 0. The lowest BCUT2D eigenvalue weighted by Gasteiger charge is -2.37. The second kappa shape index (κ2) is 13.8. The number of nitrogens with one attached hydrogen (secondary N) is 2. The number of rotatable bonds is 10. The minimum Gasteiger partial charge on any atom is -0.496 e. The SMILES string of the molecule is COc1cc(F)c(OC2CCC(C)(C(=O)CC(C)(C)C)CC2)cc1C(=O)N[C@@H]1[C@H]2CC[C@H](C2)[C@@H]1C(=O)Nc1cccc(S(=O)(=O)C(F)(F)F)c1. The van der Waals surface area contributed by atoms with Crippen LogP contribution >= 0.6 is 0 Å². The van der Waals surface area contributed by atoms with Gasteiger partial charge in [-0.15, -0.1) is 0 Å². The number of anilines is 1. The molecule has 9 nitrogen and oxygen atoms in total. The summed E-state index contributed by atoms with van der Waals surface area (Å²) in [6.45, 7) is 8.04. The number of ketones is 1. The van der Waals surface area contributed by atoms with Gasteiger partial charge in [0.15, 0.2) is 11.6 Å². The van der Waals surface area contributed by atoms with Gasteiger partial charge >= 0.3 is 5.51 Å². The average molecular weight is 725 g/mol. The van der Waals surface area contributed by atoms with Crippen LogP contribution in [0.25, 0.3) is 0 Å². The highest BCUT2D eigenvalue weighted by molar-refractivity contribution is 7.92. The van der Waals surface area contributed by atoms with Crippen molar-refractivity contribution in [3.63, 3.8) is 0 Å². The number of carbonyl (C=O) groups excluding carboxylic acids is 3. The third kappa shape index (κ3) is 7.79. The van der Waals surface area contributed by atoms with Crippen LogP contribution in [0.15, 0.2) is 41.3 Å². The maximum atomic E-state index is 15.2. The van der Waals surface area contributed by atoms with Crippen molar-refractivity contribution in [2.45, 2.75) is 102 Å². The van der Waals surface area contributed by atoms with Gasteiger partial charge in [0.05, 0.1) is 29.6 Å². The zero-order chi connectivity index (χ0) is 36.8. The highest BCUT2D eigenvalue weighted by Gasteiger charge is 2.52. The molecule has 274 valence electrons. The van der Waals surface area contributed by atoms with Crippen LogP contribution in [-0.4, -0.2) is 50.8 Å². The lowest BCUT2D eigenvalue weighted by molar-refractivity contribution is -0.132. The number of hydrogen-bond donors (Lipinski definition) is 2. The second-order valence-electron chi connectivity index (χ2n) is 15.3. The number of alkyl halides is 3. The minimum absolute atomic E-state index is 0.00288. The maximum absolute atomic E-state index is 15.2. The van der Waals surface area contributed by atoms with Gasteiger partial charge in [-0.05, 0) is 86.5 Å². The molecule has 50 heavy (non-hydrogen) atoms. The molecule has 0 radical (unpaired) electrons. The van der Waals surface area contributed by atoms with E-state index in [0.717, 1.165) is 30.7 Å². The van der Waals surface area contributed by atoms with Crippen LogP contribution in [0.4, 0.5) is 23.2 Å². The highest BCUT2D eigenvalue weighted by Crippen LogP contribution is 2.49. The number of benzene rings is 2. The van der Waals surface area contributed by atoms with Crippen molar-refractivity contribution in [2.24, 2.45) is 28.6 Å². The number of Topliss-reactive ketones (excluding diaryl/α,β-unsaturated/α-hetero) is 1. The van der Waals surface area contributed by atoms with Gasteiger partial charge in [0.2, 0.25) is 5.91 Å². The lowest BCUT2D eigenvalue weighted by Crippen LogP contribution is -2.48. The first kappa shape index (κ1) is 37.6. The van der Waals surface area contributed by atoms with Gasteiger partial charge < -0.3 is 20.1 Å². The third-order valence-corrected chi connectivity index (χ3v) is 11.9. The summed E-state index contributed by atoms with van der Waals surface area (Å²) in [6, 6.07) is 5.64. The van der Waals surface area contributed by atoms with E-state index in [-0.39, 0.29) is 51.9 Å². The molecular formula is C36H44F4N2O7S. The molecule has 0 unspecified atom stereocenters. The van der Waals surface area contributed by atoms with E-state index in [1.165, 1.54) is 19.2 Å². The number of carbonyl (C=O) groups is 3. The fourth-order valence-electron chi connectivity index (χ4n) is 7.68. The summed E-state index contributed by atoms with van der Waals surface area (Å²) in [6.07, 6.45) is 4.43. The van der Waals surface area contributed by atoms with Gasteiger partial charge in [0.1, 0.15) is 11.5 Å². The van der Waals surface area contributed by atoms with Gasteiger partial charge in [-0.25, -0.2) is 12.8 Å². The second-order valence-corrected chi connectivity index (χ2v) is 17.3. The summed E-state index contributed by atoms with van der Waals surface area (Å²) < 4.78 is 89.8. The lowest BCUT2D eigenvalue weighted by atomic mass is 9.68. The molecule has 4 atom stereocenters. The number of halogens is 4. The van der Waals surface area contributed by atoms with Gasteiger partial charge in [-0.2, -0.15) is 13.2 Å². The first-order valence-corrected chi connectivity index (χ1v) is 18.3. The number of amides is 2. The molecule has 0 heterocycles. The summed E-state index contributed by atoms with van der Waals surface area (Å²) in [5, 5.41) is 5.47. The zero-order valence-electron chi connectivity index (χ0n) is 28.8. The summed E-state index contributed by atoms with van der Waals surface area (Å²) in [4.78, 5) is 39.3. The first-order chi connectivity index (χ1) is 23.2. The summed E-state index contributed by atoms with van der Waals surface area (Å²) in [7, 11) is -4.33. The van der Waals surface area contributed by atoms with Crippen LogP contribution < -0.4 is 20.1 Å². The van der Waals surface area contributed by atoms with Gasteiger partial charge in [-0.3, -0.25) is 14.4 Å². The third-order valence-electron chi connectivity index (χ3n) is 10.4. The first-order valence-electron chi connectivity index (χ1n) is 16.8. The Kier molecular flexibility index (Phi) is 10.4. The Balaban J connectivity index is 1.29. The van der Waals surface area contributed by atoms with Crippen LogP contribution in [0.5, 0.6) is 11.5 Å². The molecule has 0 aliphatic heterocycles. The molecule has 0 spiro atoms. The number of sulfone groups is 1. The normalized spacial score (nSPS) is 26.7. The Bertz CT molecular complexity index is 1750. The largest absolute Gasteiger partial charge is 0.501 e. The van der Waals surface area contributed by atoms with Crippen molar-refractivity contribution in [1.82, 2.24) is 5.32 Å². The molecule has 2 N–H and O–H groups in total. The topological polar surface area (TPSA) is 128 Å². The Hall–Kier alpha value is -3.68. The van der Waals surface area contributed by atoms with Crippen LogP contribution in [0.2, 0.25) is 0 Å². The fourth-order valence-corrected chi connectivity index (χ4v) is 8.48. The molecule has 2 amide bonds. The number of methoxy groups -OCH3 is 1. The predicted molar refractivity (Wildman–Crippen MR) is 177 cm³/mol. The smallest absolute Gasteiger partial charge is 0.496 e. The molecule has 2 aromatic carbocycles. The molecule has 2 aromatic rings. The van der Waals surface area contributed by atoms with E-state index < -0.39 is 55.2 Å². The van der Waals surface area contributed by atoms with E-state index in [1.807, 2.05) is 27.7 Å². The molecule has 5 rings (SSSR count). The Morgan fingerprint density at radius 3 is 2.24 bits per heavy atom. The minimum atomic E-state index is -5.63. The van der Waals surface area contributed by atoms with Crippen LogP contribution in [0, 0.1) is 34.4 Å². The Morgan fingerprint density at radius 2 is 1.62 bits per heavy atom. The van der Waals surface area contributed by atoms with E-state index >= 15 is 4.39 Å². The Labute approximate surface area is 289 Å². The number of hydrogen-bond acceptors (Lipinski definition) is 7. The molecule has 3 aliphatic carbocycles. The molecule has 14 heteroatoms. The predicted octanol–water partition coefficient (Wildman–Crippen LogP) is 7.24. The molecule has 2 bridgehead atoms. The van der Waals surface area contributed by atoms with Gasteiger partial charge in [0.25, 0.3) is 15.7 Å². The quantitative estimate of drug-likeness (QED) is 0.247. The highest BCUT2D eigenvalue weighted by atomic mass is 32.2. The molecule has 0 aromatic heterocycles. The van der Waals surface area contributed by atoms with Gasteiger partial charge in [-0.1, -0.05) is 33.8 Å². The molecule has 3 aliphatic rings. The van der Waals surface area contributed by atoms with Gasteiger partial charge in [0, 0.05) is 29.6 Å². The van der Waals surface area contributed by atoms with Crippen LogP contribution in [0.1, 0.15) is 89.4 Å². The summed E-state index contributed by atoms with van der Waals surface area (Å²) in [5.74, 6) is -2.81. The van der Waals surface area contributed by atoms with E-state index in [2.05, 4.69) is 10.6 Å². The standard InChI is InChI=1S/C36H44F4N2O7S/c1-34(2,3)19-29(43)35(4)13-11-23(12-14-35)49-28-17-25(27(48-5)18-26(28)37)32(44)42-31-21-10-9-20(15-21)30(31)33(45)41-22-7-6-8-24(16-22)50(46,47)36(38,39)40/h6-8,16-18,20-21,23,30-31H,9-15,19H2,1-5H3,(H,41,45)(H,42,44)/t20-,21+,23?,30+,31-,35?/m1/s1. The number of fused-ring (bicyclic) bond motifs is 2. The molecular weight excluding hydrogens is 680 g/mol. The number of ether oxygens (including phenoxy) is 2. The molecule has 3 saturated carbocycles. The van der Waals surface area contributed by atoms with Crippen molar-refractivity contribution in [3.05, 3.63) is 47.8 Å². The fraction of sp³-hybridized carbons (Fsp3) is 0.583. The van der Waals surface area contributed by atoms with E-state index in [9.17, 15) is 36.0 Å². The maximum Gasteiger partial charge on any atom is 0.501 e. The van der Waals surface area contributed by atoms with E-state index in [1.54, 1.807) is 0 Å². The Morgan fingerprint density at radius 1 is 0.960 bits per heavy atom. The van der Waals surface area contributed by atoms with Crippen molar-refractivity contribution in [3.8, 4) is 11.5 Å². The van der Waals surface area contributed by atoms with Crippen LogP contribution in [-0.2, 0) is 19.4 Å². The van der Waals surface area contributed by atoms with Crippen molar-refractivity contribution in [2.75, 3.05) is 12.4 Å². The van der Waals surface area contributed by atoms with Crippen molar-refractivity contribution in [1.29, 1.82) is 0 Å². The van der Waals surface area contributed by atoms with E-state index in [4.69, 9.17) is 9.47 Å². The zero-order valence-corrected chi connectivity index (χ0v) is 29.6. The summed E-state index contributed by atoms with van der Waals surface area (Å²) in [5.41, 5.74) is -6.25.